The van der Waals surface area contributed by atoms with Gasteiger partial charge in [0, 0.05) is 18.7 Å². The normalized spacial score (nSPS) is 14.4. The molecule has 0 aromatic heterocycles. The Morgan fingerprint density at radius 3 is 2.67 bits per heavy atom. The quantitative estimate of drug-likeness (QED) is 0.833. The predicted octanol–water partition coefficient (Wildman–Crippen LogP) is 3.43. The Labute approximate surface area is 165 Å². The van der Waals surface area contributed by atoms with E-state index < -0.39 is 6.04 Å². The molecule has 0 aliphatic carbocycles. The van der Waals surface area contributed by atoms with Gasteiger partial charge in [0.1, 0.15) is 6.04 Å². The van der Waals surface area contributed by atoms with Gasteiger partial charge >= 0.3 is 0 Å². The minimum absolute atomic E-state index is 0.0135. The van der Waals surface area contributed by atoms with Gasteiger partial charge in [-0.25, -0.2) is 0 Å². The fraction of sp³-hybridized carbons (Fsp3) is 0.364. The standard InChI is InChI=1S/C22H26N2O2S/c1-16-6-5-9-18(14-16)21(25)23-20(11-13-27-2)22(26)24-12-10-17-7-3-4-8-19(17)15-24/h3-9,14,20H,10-13,15H2,1-2H3,(H,23,25). The fourth-order valence-corrected chi connectivity index (χ4v) is 3.90. The van der Waals surface area contributed by atoms with Crippen molar-refractivity contribution in [1.29, 1.82) is 0 Å². The number of rotatable bonds is 6. The summed E-state index contributed by atoms with van der Waals surface area (Å²) in [7, 11) is 0. The van der Waals surface area contributed by atoms with E-state index in [0.717, 1.165) is 17.7 Å². The molecule has 1 N–H and O–H groups in total. The van der Waals surface area contributed by atoms with Crippen LogP contribution in [0.1, 0.15) is 33.5 Å². The van der Waals surface area contributed by atoms with Gasteiger partial charge in [0.2, 0.25) is 5.91 Å². The molecule has 5 heteroatoms. The number of carbonyl (C=O) groups excluding carboxylic acids is 2. The smallest absolute Gasteiger partial charge is 0.251 e. The molecule has 142 valence electrons. The second kappa shape index (κ2) is 9.09. The summed E-state index contributed by atoms with van der Waals surface area (Å²) < 4.78 is 0. The van der Waals surface area contributed by atoms with Crippen LogP contribution in [-0.2, 0) is 17.8 Å². The third-order valence-corrected chi connectivity index (χ3v) is 5.58. The Hall–Kier alpha value is -2.27. The van der Waals surface area contributed by atoms with E-state index in [0.29, 0.717) is 25.1 Å². The summed E-state index contributed by atoms with van der Waals surface area (Å²) in [5.74, 6) is 0.657. The van der Waals surface area contributed by atoms with Crippen LogP contribution in [0.25, 0.3) is 0 Å². The van der Waals surface area contributed by atoms with Gasteiger partial charge in [-0.1, -0.05) is 42.0 Å². The number of hydrogen-bond acceptors (Lipinski definition) is 3. The van der Waals surface area contributed by atoms with Crippen LogP contribution in [0, 0.1) is 6.92 Å². The molecule has 0 fully saturated rings. The monoisotopic (exact) mass is 382 g/mol. The molecule has 27 heavy (non-hydrogen) atoms. The van der Waals surface area contributed by atoms with E-state index in [4.69, 9.17) is 0 Å². The van der Waals surface area contributed by atoms with Gasteiger partial charge in [-0.2, -0.15) is 11.8 Å². The Morgan fingerprint density at radius 2 is 1.93 bits per heavy atom. The Morgan fingerprint density at radius 1 is 1.15 bits per heavy atom. The van der Waals surface area contributed by atoms with E-state index in [-0.39, 0.29) is 11.8 Å². The molecule has 1 aliphatic heterocycles. The molecule has 3 rings (SSSR count). The van der Waals surface area contributed by atoms with Gasteiger partial charge in [0.05, 0.1) is 0 Å². The van der Waals surface area contributed by atoms with Crippen molar-refractivity contribution in [2.24, 2.45) is 0 Å². The molecule has 0 bridgehead atoms. The van der Waals surface area contributed by atoms with E-state index >= 15 is 0 Å². The van der Waals surface area contributed by atoms with Crippen molar-refractivity contribution < 1.29 is 9.59 Å². The average molecular weight is 383 g/mol. The Balaban J connectivity index is 1.72. The molecule has 0 radical (unpaired) electrons. The van der Waals surface area contributed by atoms with Crippen molar-refractivity contribution in [2.45, 2.75) is 32.4 Å². The van der Waals surface area contributed by atoms with Crippen molar-refractivity contribution in [3.8, 4) is 0 Å². The molecule has 1 aliphatic rings. The van der Waals surface area contributed by atoms with Crippen LogP contribution in [0.4, 0.5) is 0 Å². The molecule has 0 saturated heterocycles. The van der Waals surface area contributed by atoms with Crippen LogP contribution in [0.3, 0.4) is 0 Å². The number of benzene rings is 2. The Kier molecular flexibility index (Phi) is 6.56. The fourth-order valence-electron chi connectivity index (χ4n) is 3.43. The minimum Gasteiger partial charge on any atom is -0.340 e. The molecule has 0 saturated carbocycles. The summed E-state index contributed by atoms with van der Waals surface area (Å²) in [5.41, 5.74) is 4.14. The molecule has 4 nitrogen and oxygen atoms in total. The van der Waals surface area contributed by atoms with Gasteiger partial charge in [0.25, 0.3) is 5.91 Å². The van der Waals surface area contributed by atoms with Crippen molar-refractivity contribution in [3.63, 3.8) is 0 Å². The average Bonchev–Trinajstić information content (AvgIpc) is 2.70. The number of nitrogens with one attached hydrogen (secondary N) is 1. The number of hydrogen-bond donors (Lipinski definition) is 1. The molecular formula is C22H26N2O2S. The molecule has 2 aromatic rings. The second-order valence-electron chi connectivity index (χ2n) is 6.96. The SMILES string of the molecule is CSCCC(NC(=O)c1cccc(C)c1)C(=O)N1CCc2ccccc2C1. The van der Waals surface area contributed by atoms with Crippen LogP contribution in [0.15, 0.2) is 48.5 Å². The first kappa shape index (κ1) is 19.5. The largest absolute Gasteiger partial charge is 0.340 e. The van der Waals surface area contributed by atoms with Crippen molar-refractivity contribution >= 4 is 23.6 Å². The second-order valence-corrected chi connectivity index (χ2v) is 7.94. The maximum Gasteiger partial charge on any atom is 0.251 e. The zero-order chi connectivity index (χ0) is 19.2. The van der Waals surface area contributed by atoms with E-state index in [9.17, 15) is 9.59 Å². The topological polar surface area (TPSA) is 49.4 Å². The molecule has 1 unspecified atom stereocenters. The zero-order valence-corrected chi connectivity index (χ0v) is 16.7. The number of nitrogens with zero attached hydrogens (tertiary/aromatic N) is 1. The van der Waals surface area contributed by atoms with Gasteiger partial charge in [-0.15, -0.1) is 0 Å². The lowest BCUT2D eigenvalue weighted by Crippen LogP contribution is -2.50. The number of amides is 2. The maximum atomic E-state index is 13.1. The van der Waals surface area contributed by atoms with Crippen LogP contribution in [0.5, 0.6) is 0 Å². The number of aryl methyl sites for hydroxylation is 1. The number of thioether (sulfide) groups is 1. The van der Waals surface area contributed by atoms with E-state index in [1.54, 1.807) is 17.8 Å². The molecule has 0 spiro atoms. The molecule has 2 amide bonds. The lowest BCUT2D eigenvalue weighted by atomic mass is 9.99. The van der Waals surface area contributed by atoms with Crippen LogP contribution in [0.2, 0.25) is 0 Å². The summed E-state index contributed by atoms with van der Waals surface area (Å²) in [5, 5.41) is 2.97. The van der Waals surface area contributed by atoms with Gasteiger partial charge in [-0.05, 0) is 55.0 Å². The maximum absolute atomic E-state index is 13.1. The van der Waals surface area contributed by atoms with Crippen LogP contribution in [-0.4, -0.2) is 41.3 Å². The number of fused-ring (bicyclic) bond motifs is 1. The van der Waals surface area contributed by atoms with Crippen LogP contribution >= 0.6 is 11.8 Å². The summed E-state index contributed by atoms with van der Waals surface area (Å²) in [6, 6.07) is 15.2. The summed E-state index contributed by atoms with van der Waals surface area (Å²) in [6.45, 7) is 3.27. The lowest BCUT2D eigenvalue weighted by molar-refractivity contribution is -0.134. The number of carbonyl (C=O) groups is 2. The van der Waals surface area contributed by atoms with Crippen molar-refractivity contribution in [2.75, 3.05) is 18.6 Å². The third-order valence-electron chi connectivity index (χ3n) is 4.94. The highest BCUT2D eigenvalue weighted by atomic mass is 32.2. The zero-order valence-electron chi connectivity index (χ0n) is 15.9. The first-order chi connectivity index (χ1) is 13.1. The van der Waals surface area contributed by atoms with Crippen molar-refractivity contribution in [3.05, 3.63) is 70.8 Å². The van der Waals surface area contributed by atoms with E-state index in [1.165, 1.54) is 11.1 Å². The Bertz CT molecular complexity index is 821. The molecule has 2 aromatic carbocycles. The van der Waals surface area contributed by atoms with Gasteiger partial charge < -0.3 is 10.2 Å². The van der Waals surface area contributed by atoms with Crippen molar-refractivity contribution in [1.82, 2.24) is 10.2 Å². The van der Waals surface area contributed by atoms with E-state index in [2.05, 4.69) is 17.4 Å². The van der Waals surface area contributed by atoms with E-state index in [1.807, 2.05) is 48.4 Å². The minimum atomic E-state index is -0.490. The molecular weight excluding hydrogens is 356 g/mol. The first-order valence-corrected chi connectivity index (χ1v) is 10.7. The summed E-state index contributed by atoms with van der Waals surface area (Å²) >= 11 is 1.69. The lowest BCUT2D eigenvalue weighted by Gasteiger charge is -2.32. The summed E-state index contributed by atoms with van der Waals surface area (Å²) in [6.07, 6.45) is 3.51. The van der Waals surface area contributed by atoms with Crippen LogP contribution < -0.4 is 5.32 Å². The van der Waals surface area contributed by atoms with Gasteiger partial charge in [-0.3, -0.25) is 9.59 Å². The highest BCUT2D eigenvalue weighted by molar-refractivity contribution is 7.98. The first-order valence-electron chi connectivity index (χ1n) is 9.30. The third kappa shape index (κ3) is 4.92. The predicted molar refractivity (Wildman–Crippen MR) is 111 cm³/mol. The van der Waals surface area contributed by atoms with Gasteiger partial charge in [0.15, 0.2) is 0 Å². The summed E-state index contributed by atoms with van der Waals surface area (Å²) in [4.78, 5) is 27.7. The highest BCUT2D eigenvalue weighted by Crippen LogP contribution is 2.20. The molecule has 1 atom stereocenters. The molecule has 1 heterocycles. The highest BCUT2D eigenvalue weighted by Gasteiger charge is 2.28.